The lowest BCUT2D eigenvalue weighted by Gasteiger charge is -2.41. The molecule has 0 aliphatic carbocycles. The van der Waals surface area contributed by atoms with Gasteiger partial charge in [0.2, 0.25) is 5.91 Å². The van der Waals surface area contributed by atoms with E-state index < -0.39 is 0 Å². The van der Waals surface area contributed by atoms with E-state index in [0.717, 1.165) is 38.9 Å². The number of amides is 1. The zero-order valence-corrected chi connectivity index (χ0v) is 17.9. The number of nitrogens with zero attached hydrogens (tertiary/aromatic N) is 1. The van der Waals surface area contributed by atoms with Crippen LogP contribution in [0.25, 0.3) is 0 Å². The Bertz CT molecular complexity index is 542. The summed E-state index contributed by atoms with van der Waals surface area (Å²) in [4.78, 5) is 14.8. The number of ether oxygens (including phenoxy) is 1. The van der Waals surface area contributed by atoms with Gasteiger partial charge in [0.25, 0.3) is 0 Å². The molecular weight excluding hydrogens is 392 g/mol. The summed E-state index contributed by atoms with van der Waals surface area (Å²) in [5.41, 5.74) is 1.20. The van der Waals surface area contributed by atoms with Crippen LogP contribution in [0.3, 0.4) is 0 Å². The number of hydrogen-bond acceptors (Lipinski definition) is 3. The number of rotatable bonds is 9. The predicted molar refractivity (Wildman–Crippen MR) is 110 cm³/mol. The monoisotopic (exact) mass is 424 g/mol. The lowest BCUT2D eigenvalue weighted by molar-refractivity contribution is -0.124. The Morgan fingerprint density at radius 3 is 2.58 bits per heavy atom. The molecule has 26 heavy (non-hydrogen) atoms. The summed E-state index contributed by atoms with van der Waals surface area (Å²) < 4.78 is 5.54. The highest BCUT2D eigenvalue weighted by molar-refractivity contribution is 9.09. The highest BCUT2D eigenvalue weighted by Crippen LogP contribution is 2.29. The first-order valence-corrected chi connectivity index (χ1v) is 10.6. The first-order chi connectivity index (χ1) is 12.4. The van der Waals surface area contributed by atoms with Crippen LogP contribution >= 0.6 is 15.9 Å². The highest BCUT2D eigenvalue weighted by atomic mass is 79.9. The van der Waals surface area contributed by atoms with Crippen LogP contribution in [-0.4, -0.2) is 41.1 Å². The third kappa shape index (κ3) is 7.01. The number of benzene rings is 1. The van der Waals surface area contributed by atoms with Crippen molar-refractivity contribution in [1.82, 2.24) is 10.2 Å². The maximum Gasteiger partial charge on any atom is 0.222 e. The number of alkyl halides is 1. The minimum atomic E-state index is -0.172. The molecule has 1 aliphatic heterocycles. The lowest BCUT2D eigenvalue weighted by Crippen LogP contribution is -2.52. The smallest absolute Gasteiger partial charge is 0.222 e. The lowest BCUT2D eigenvalue weighted by atomic mass is 9.80. The van der Waals surface area contributed by atoms with Crippen molar-refractivity contribution in [3.05, 3.63) is 35.9 Å². The number of carbonyl (C=O) groups excluding carboxylic acids is 1. The second kappa shape index (κ2) is 10.4. The summed E-state index contributed by atoms with van der Waals surface area (Å²) in [5.74, 6) is 0.594. The van der Waals surface area contributed by atoms with Crippen LogP contribution < -0.4 is 5.32 Å². The second-order valence-electron chi connectivity index (χ2n) is 7.74. The number of hydrogen-bond donors (Lipinski definition) is 1. The Kier molecular flexibility index (Phi) is 8.58. The van der Waals surface area contributed by atoms with Crippen molar-refractivity contribution in [2.45, 2.75) is 63.6 Å². The summed E-state index contributed by atoms with van der Waals surface area (Å²) in [6, 6.07) is 10.6. The van der Waals surface area contributed by atoms with Gasteiger partial charge in [-0.15, -0.1) is 0 Å². The minimum Gasteiger partial charge on any atom is -0.366 e. The molecular formula is C21H33BrN2O2. The average Bonchev–Trinajstić information content (AvgIpc) is 2.62. The molecule has 1 heterocycles. The molecule has 2 rings (SSSR count). The fourth-order valence-corrected chi connectivity index (χ4v) is 3.76. The van der Waals surface area contributed by atoms with Gasteiger partial charge in [-0.2, -0.15) is 0 Å². The normalized spacial score (nSPS) is 17.8. The Morgan fingerprint density at radius 1 is 1.31 bits per heavy atom. The molecule has 1 unspecified atom stereocenters. The Balaban J connectivity index is 1.73. The molecule has 0 aromatic heterocycles. The molecule has 5 heteroatoms. The molecule has 1 aliphatic rings. The van der Waals surface area contributed by atoms with Gasteiger partial charge >= 0.3 is 0 Å². The van der Waals surface area contributed by atoms with Crippen molar-refractivity contribution in [3.8, 4) is 0 Å². The first-order valence-electron chi connectivity index (χ1n) is 9.73. The van der Waals surface area contributed by atoms with E-state index in [9.17, 15) is 4.79 Å². The fraction of sp³-hybridized carbons (Fsp3) is 0.667. The van der Waals surface area contributed by atoms with E-state index in [-0.39, 0.29) is 16.5 Å². The molecule has 0 radical (unpaired) electrons. The molecule has 1 N–H and O–H groups in total. The van der Waals surface area contributed by atoms with Crippen LogP contribution in [0, 0.1) is 5.92 Å². The van der Waals surface area contributed by atoms with E-state index in [1.807, 2.05) is 6.92 Å². The SMILES string of the molecule is CCC(Br)OCCC(=O)NC(C)(C)C1CCN(Cc2ccccc2)CC1. The van der Waals surface area contributed by atoms with E-state index in [1.165, 1.54) is 5.56 Å². The molecule has 0 spiro atoms. The minimum absolute atomic E-state index is 0.0391. The molecule has 4 nitrogen and oxygen atoms in total. The number of likely N-dealkylation sites (tertiary alicyclic amines) is 1. The van der Waals surface area contributed by atoms with E-state index in [2.05, 4.69) is 70.3 Å². The van der Waals surface area contributed by atoms with E-state index in [4.69, 9.17) is 4.74 Å². The van der Waals surface area contributed by atoms with Crippen molar-refractivity contribution in [2.75, 3.05) is 19.7 Å². The predicted octanol–water partition coefficient (Wildman–Crippen LogP) is 4.33. The summed E-state index contributed by atoms with van der Waals surface area (Å²) in [6.45, 7) is 10.0. The third-order valence-corrected chi connectivity index (χ3v) is 6.18. The van der Waals surface area contributed by atoms with Crippen LogP contribution in [0.5, 0.6) is 0 Å². The summed E-state index contributed by atoms with van der Waals surface area (Å²) in [6.07, 6.45) is 3.55. The maximum atomic E-state index is 12.3. The standard InChI is InChI=1S/C21H33BrN2O2/c1-4-19(22)26-15-12-20(25)23-21(2,3)18-10-13-24(14-11-18)16-17-8-6-5-7-9-17/h5-9,18-19H,4,10-16H2,1-3H3,(H,23,25). The zero-order chi connectivity index (χ0) is 19.0. The van der Waals surface area contributed by atoms with Gasteiger partial charge in [-0.05, 0) is 57.7 Å². The number of piperidine rings is 1. The van der Waals surface area contributed by atoms with Gasteiger partial charge in [-0.1, -0.05) is 53.2 Å². The quantitative estimate of drug-likeness (QED) is 0.599. The zero-order valence-electron chi connectivity index (χ0n) is 16.3. The van der Waals surface area contributed by atoms with E-state index in [1.54, 1.807) is 0 Å². The van der Waals surface area contributed by atoms with Gasteiger partial charge < -0.3 is 10.1 Å². The topological polar surface area (TPSA) is 41.6 Å². The van der Waals surface area contributed by atoms with Crippen molar-refractivity contribution in [1.29, 1.82) is 0 Å². The maximum absolute atomic E-state index is 12.3. The molecule has 1 atom stereocenters. The van der Waals surface area contributed by atoms with Crippen molar-refractivity contribution in [3.63, 3.8) is 0 Å². The fourth-order valence-electron chi connectivity index (χ4n) is 3.58. The van der Waals surface area contributed by atoms with Crippen molar-refractivity contribution < 1.29 is 9.53 Å². The Morgan fingerprint density at radius 2 is 1.96 bits per heavy atom. The largest absolute Gasteiger partial charge is 0.366 e. The van der Waals surface area contributed by atoms with Gasteiger partial charge in [-0.3, -0.25) is 9.69 Å². The highest BCUT2D eigenvalue weighted by Gasteiger charge is 2.33. The molecule has 1 aromatic carbocycles. The van der Waals surface area contributed by atoms with E-state index in [0.29, 0.717) is 18.9 Å². The van der Waals surface area contributed by atoms with Gasteiger partial charge in [0.1, 0.15) is 5.01 Å². The van der Waals surface area contributed by atoms with Gasteiger partial charge in [0, 0.05) is 12.1 Å². The molecule has 1 amide bonds. The van der Waals surface area contributed by atoms with Gasteiger partial charge in [0.05, 0.1) is 13.0 Å². The second-order valence-corrected chi connectivity index (χ2v) is 8.77. The van der Waals surface area contributed by atoms with Gasteiger partial charge in [0.15, 0.2) is 0 Å². The third-order valence-electron chi connectivity index (χ3n) is 5.27. The van der Waals surface area contributed by atoms with Crippen LogP contribution in [0.15, 0.2) is 30.3 Å². The molecule has 0 saturated carbocycles. The van der Waals surface area contributed by atoms with Crippen LogP contribution in [-0.2, 0) is 16.1 Å². The number of nitrogens with one attached hydrogen (secondary N) is 1. The van der Waals surface area contributed by atoms with Crippen molar-refractivity contribution >= 4 is 21.8 Å². The summed E-state index contributed by atoms with van der Waals surface area (Å²) >= 11 is 3.42. The van der Waals surface area contributed by atoms with Crippen LogP contribution in [0.1, 0.15) is 52.0 Å². The van der Waals surface area contributed by atoms with Crippen LogP contribution in [0.4, 0.5) is 0 Å². The number of halogens is 1. The Hall–Kier alpha value is -0.910. The Labute approximate surface area is 166 Å². The first kappa shape index (κ1) is 21.4. The molecule has 1 saturated heterocycles. The summed E-state index contributed by atoms with van der Waals surface area (Å²) in [7, 11) is 0. The van der Waals surface area contributed by atoms with Crippen LogP contribution in [0.2, 0.25) is 0 Å². The van der Waals surface area contributed by atoms with Gasteiger partial charge in [-0.25, -0.2) is 0 Å². The summed E-state index contributed by atoms with van der Waals surface area (Å²) in [5, 5.41) is 3.27. The van der Waals surface area contributed by atoms with Crippen molar-refractivity contribution in [2.24, 2.45) is 5.92 Å². The molecule has 1 aromatic rings. The average molecular weight is 425 g/mol. The number of carbonyl (C=O) groups is 1. The molecule has 0 bridgehead atoms. The van der Waals surface area contributed by atoms with E-state index >= 15 is 0 Å². The molecule has 146 valence electrons. The molecule has 1 fully saturated rings.